The summed E-state index contributed by atoms with van der Waals surface area (Å²) in [5.41, 5.74) is 0. The fourth-order valence-corrected chi connectivity index (χ4v) is 1.59. The Balaban J connectivity index is 2.14. The molecule has 1 fully saturated rings. The maximum Gasteiger partial charge on any atom is 0.317 e. The number of unbranched alkanes of at least 4 members (excludes halogenated alkanes) is 3. The Morgan fingerprint density at radius 1 is 1.33 bits per heavy atom. The number of ether oxygens (including phenoxy) is 1. The van der Waals surface area contributed by atoms with Crippen molar-refractivity contribution < 1.29 is 14.3 Å². The van der Waals surface area contributed by atoms with Gasteiger partial charge < -0.3 is 4.74 Å². The molecule has 0 saturated carbocycles. The lowest BCUT2D eigenvalue weighted by atomic mass is 10.0. The van der Waals surface area contributed by atoms with Crippen molar-refractivity contribution in [2.45, 2.75) is 45.4 Å². The molecule has 0 amide bonds. The minimum atomic E-state index is -0.385. The van der Waals surface area contributed by atoms with E-state index >= 15 is 0 Å². The molecule has 1 atom stereocenters. The van der Waals surface area contributed by atoms with E-state index in [1.165, 1.54) is 19.3 Å². The van der Waals surface area contributed by atoms with Crippen LogP contribution in [0.5, 0.6) is 0 Å². The van der Waals surface area contributed by atoms with E-state index in [-0.39, 0.29) is 24.3 Å². The molecule has 84 valence electrons. The van der Waals surface area contributed by atoms with Gasteiger partial charge in [0.2, 0.25) is 0 Å². The molecule has 0 bridgehead atoms. The van der Waals surface area contributed by atoms with Crippen LogP contribution in [0.2, 0.25) is 0 Å². The highest BCUT2D eigenvalue weighted by molar-refractivity contribution is 5.94. The molecule has 15 heavy (non-hydrogen) atoms. The van der Waals surface area contributed by atoms with Gasteiger partial charge in [0.25, 0.3) is 0 Å². The monoisotopic (exact) mass is 210 g/mol. The van der Waals surface area contributed by atoms with Crippen LogP contribution in [-0.4, -0.2) is 11.9 Å². The molecule has 3 nitrogen and oxygen atoms in total. The number of allylic oxidation sites excluding steroid dienone is 2. The Morgan fingerprint density at radius 2 is 2.13 bits per heavy atom. The lowest BCUT2D eigenvalue weighted by molar-refractivity contribution is -0.153. The molecule has 0 spiro atoms. The first-order valence-electron chi connectivity index (χ1n) is 5.63. The fraction of sp³-hybridized carbons (Fsp3) is 0.667. The summed E-state index contributed by atoms with van der Waals surface area (Å²) in [6.45, 7) is 2.17. The van der Waals surface area contributed by atoms with Crippen LogP contribution in [0.4, 0.5) is 0 Å². The first-order valence-corrected chi connectivity index (χ1v) is 5.63. The first kappa shape index (κ1) is 12.0. The fourth-order valence-electron chi connectivity index (χ4n) is 1.59. The summed E-state index contributed by atoms with van der Waals surface area (Å²) in [7, 11) is 0. The van der Waals surface area contributed by atoms with Gasteiger partial charge in [-0.1, -0.05) is 31.9 Å². The third-order valence-corrected chi connectivity index (χ3v) is 2.52. The van der Waals surface area contributed by atoms with Gasteiger partial charge in [-0.05, 0) is 19.3 Å². The zero-order chi connectivity index (χ0) is 11.1. The second-order valence-corrected chi connectivity index (χ2v) is 3.90. The van der Waals surface area contributed by atoms with Crippen molar-refractivity contribution >= 4 is 11.9 Å². The second-order valence-electron chi connectivity index (χ2n) is 3.90. The van der Waals surface area contributed by atoms with Crippen molar-refractivity contribution in [2.75, 3.05) is 0 Å². The van der Waals surface area contributed by atoms with Crippen molar-refractivity contribution in [1.82, 2.24) is 0 Å². The Morgan fingerprint density at radius 3 is 2.73 bits per heavy atom. The zero-order valence-electron chi connectivity index (χ0n) is 9.20. The third-order valence-electron chi connectivity index (χ3n) is 2.52. The van der Waals surface area contributed by atoms with E-state index in [0.717, 1.165) is 6.42 Å². The highest BCUT2D eigenvalue weighted by atomic mass is 16.6. The maximum atomic E-state index is 11.1. The van der Waals surface area contributed by atoms with E-state index in [1.807, 2.05) is 6.08 Å². The normalized spacial score (nSPS) is 21.3. The minimum absolute atomic E-state index is 0.236. The van der Waals surface area contributed by atoms with Crippen LogP contribution in [0.25, 0.3) is 0 Å². The predicted octanol–water partition coefficient (Wildman–Crippen LogP) is 2.60. The lowest BCUT2D eigenvalue weighted by Crippen LogP contribution is -2.05. The lowest BCUT2D eigenvalue weighted by Gasteiger charge is -1.98. The maximum absolute atomic E-state index is 11.1. The summed E-state index contributed by atoms with van der Waals surface area (Å²) in [6, 6.07) is 0. The van der Waals surface area contributed by atoms with Gasteiger partial charge in [-0.2, -0.15) is 0 Å². The van der Waals surface area contributed by atoms with Crippen LogP contribution in [-0.2, 0) is 14.3 Å². The van der Waals surface area contributed by atoms with E-state index in [0.29, 0.717) is 6.42 Å². The van der Waals surface area contributed by atoms with Crippen LogP contribution in [0, 0.1) is 5.92 Å². The summed E-state index contributed by atoms with van der Waals surface area (Å²) in [5.74, 6) is -0.984. The van der Waals surface area contributed by atoms with E-state index in [4.69, 9.17) is 0 Å². The van der Waals surface area contributed by atoms with Crippen LogP contribution in [0.1, 0.15) is 45.4 Å². The number of rotatable bonds is 6. The number of cyclic esters (lactones) is 2. The molecule has 1 heterocycles. The summed E-state index contributed by atoms with van der Waals surface area (Å²) >= 11 is 0. The quantitative estimate of drug-likeness (QED) is 0.293. The number of carbonyl (C=O) groups is 2. The van der Waals surface area contributed by atoms with Crippen molar-refractivity contribution in [3.63, 3.8) is 0 Å². The Hall–Kier alpha value is -1.12. The van der Waals surface area contributed by atoms with Gasteiger partial charge in [0.1, 0.15) is 0 Å². The largest absolute Gasteiger partial charge is 0.393 e. The Labute approximate surface area is 90.5 Å². The van der Waals surface area contributed by atoms with Gasteiger partial charge in [-0.15, -0.1) is 0 Å². The average molecular weight is 210 g/mol. The van der Waals surface area contributed by atoms with Crippen molar-refractivity contribution in [3.05, 3.63) is 12.2 Å². The topological polar surface area (TPSA) is 43.4 Å². The summed E-state index contributed by atoms with van der Waals surface area (Å²) in [5, 5.41) is 0. The van der Waals surface area contributed by atoms with Crippen LogP contribution in [0.3, 0.4) is 0 Å². The van der Waals surface area contributed by atoms with Gasteiger partial charge in [0.15, 0.2) is 0 Å². The number of hydrogen-bond acceptors (Lipinski definition) is 3. The van der Waals surface area contributed by atoms with Gasteiger partial charge >= 0.3 is 11.9 Å². The SMILES string of the molecule is CCCCCC=CCC1CC(=O)OC1=O. The zero-order valence-corrected chi connectivity index (χ0v) is 9.20. The van der Waals surface area contributed by atoms with Gasteiger partial charge in [0, 0.05) is 0 Å². The van der Waals surface area contributed by atoms with E-state index in [1.54, 1.807) is 0 Å². The van der Waals surface area contributed by atoms with Crippen molar-refractivity contribution in [3.8, 4) is 0 Å². The Bertz CT molecular complexity index is 256. The second kappa shape index (κ2) is 6.38. The molecule has 0 radical (unpaired) electrons. The van der Waals surface area contributed by atoms with Crippen LogP contribution >= 0.6 is 0 Å². The molecule has 3 heteroatoms. The van der Waals surface area contributed by atoms with E-state index in [9.17, 15) is 9.59 Å². The molecule has 0 aliphatic carbocycles. The van der Waals surface area contributed by atoms with Gasteiger partial charge in [-0.3, -0.25) is 9.59 Å². The summed E-state index contributed by atoms with van der Waals surface area (Å²) in [4.78, 5) is 21.8. The van der Waals surface area contributed by atoms with Crippen molar-refractivity contribution in [1.29, 1.82) is 0 Å². The average Bonchev–Trinajstić information content (AvgIpc) is 2.51. The molecular formula is C12H18O3. The smallest absolute Gasteiger partial charge is 0.317 e. The molecule has 0 N–H and O–H groups in total. The molecule has 1 aliphatic rings. The molecule has 0 aromatic heterocycles. The first-order chi connectivity index (χ1) is 7.24. The Kier molecular flexibility index (Phi) is 5.08. The highest BCUT2D eigenvalue weighted by Gasteiger charge is 2.31. The molecule has 1 aliphatic heterocycles. The number of hydrogen-bond donors (Lipinski definition) is 0. The van der Waals surface area contributed by atoms with E-state index < -0.39 is 0 Å². The van der Waals surface area contributed by atoms with Crippen LogP contribution < -0.4 is 0 Å². The highest BCUT2D eigenvalue weighted by Crippen LogP contribution is 2.19. The third kappa shape index (κ3) is 4.28. The number of carbonyl (C=O) groups excluding carboxylic acids is 2. The molecule has 1 saturated heterocycles. The number of esters is 2. The molecule has 1 rings (SSSR count). The standard InChI is InChI=1S/C12H18O3/c1-2-3-4-5-6-7-8-10-9-11(13)15-12(10)14/h6-7,10H,2-5,8-9H2,1H3. The predicted molar refractivity (Wildman–Crippen MR) is 57.1 cm³/mol. The molecule has 1 unspecified atom stereocenters. The van der Waals surface area contributed by atoms with E-state index in [2.05, 4.69) is 17.7 Å². The molecular weight excluding hydrogens is 192 g/mol. The van der Waals surface area contributed by atoms with Crippen LogP contribution in [0.15, 0.2) is 12.2 Å². The van der Waals surface area contributed by atoms with Crippen molar-refractivity contribution in [2.24, 2.45) is 5.92 Å². The van der Waals surface area contributed by atoms with Gasteiger partial charge in [-0.25, -0.2) is 0 Å². The molecule has 0 aromatic rings. The molecule has 0 aromatic carbocycles. The summed E-state index contributed by atoms with van der Waals surface area (Å²) in [6.07, 6.45) is 9.68. The summed E-state index contributed by atoms with van der Waals surface area (Å²) < 4.78 is 4.46. The van der Waals surface area contributed by atoms with Gasteiger partial charge in [0.05, 0.1) is 12.3 Å². The minimum Gasteiger partial charge on any atom is -0.393 e.